The molecule has 3 fully saturated rings. The zero-order valence-corrected chi connectivity index (χ0v) is 16.5. The van der Waals surface area contributed by atoms with Crippen molar-refractivity contribution in [3.63, 3.8) is 0 Å². The third-order valence-electron chi connectivity index (χ3n) is 6.30. The van der Waals surface area contributed by atoms with Crippen LogP contribution in [0.4, 0.5) is 4.39 Å². The Hall–Kier alpha value is -2.70. The van der Waals surface area contributed by atoms with Gasteiger partial charge < -0.3 is 14.2 Å². The summed E-state index contributed by atoms with van der Waals surface area (Å²) < 4.78 is 30.0. The smallest absolute Gasteiger partial charge is 0.333 e. The summed E-state index contributed by atoms with van der Waals surface area (Å²) in [6.07, 6.45) is -0.639. The molecule has 0 aromatic heterocycles. The molecule has 0 radical (unpaired) electrons. The van der Waals surface area contributed by atoms with Crippen molar-refractivity contribution in [1.29, 1.82) is 0 Å². The van der Waals surface area contributed by atoms with Gasteiger partial charge in [-0.3, -0.25) is 9.59 Å². The van der Waals surface area contributed by atoms with Crippen LogP contribution in [0.5, 0.6) is 0 Å². The van der Waals surface area contributed by atoms with E-state index in [1.54, 1.807) is 26.0 Å². The number of hydrogen-bond donors (Lipinski definition) is 0. The number of hydrogen-bond acceptors (Lipinski definition) is 6. The largest absolute Gasteiger partial charge is 0.458 e. The molecule has 1 aliphatic heterocycles. The summed E-state index contributed by atoms with van der Waals surface area (Å²) in [6.45, 7) is 8.53. The Labute approximate surface area is 168 Å². The fraction of sp³-hybridized carbons (Fsp3) is 0.500. The van der Waals surface area contributed by atoms with E-state index in [9.17, 15) is 18.8 Å². The monoisotopic (exact) mass is 402 g/mol. The van der Waals surface area contributed by atoms with Gasteiger partial charge in [-0.25, -0.2) is 9.18 Å². The highest BCUT2D eigenvalue weighted by Crippen LogP contribution is 2.59. The Balaban J connectivity index is 1.56. The number of fused-ring (bicyclic) bond motifs is 1. The predicted octanol–water partition coefficient (Wildman–Crippen LogP) is 2.90. The van der Waals surface area contributed by atoms with Gasteiger partial charge in [0.25, 0.3) is 0 Å². The quantitative estimate of drug-likeness (QED) is 0.428. The average molecular weight is 402 g/mol. The maximum atomic E-state index is 13.2. The van der Waals surface area contributed by atoms with Crippen LogP contribution in [-0.4, -0.2) is 30.1 Å². The lowest BCUT2D eigenvalue weighted by atomic mass is 9.78. The second-order valence-corrected chi connectivity index (χ2v) is 8.61. The third-order valence-corrected chi connectivity index (χ3v) is 6.30. The van der Waals surface area contributed by atoms with Crippen LogP contribution in [0.15, 0.2) is 36.4 Å². The van der Waals surface area contributed by atoms with Crippen LogP contribution in [-0.2, 0) is 34.2 Å². The van der Waals surface area contributed by atoms with Crippen LogP contribution in [0.25, 0.3) is 0 Å². The summed E-state index contributed by atoms with van der Waals surface area (Å²) in [7, 11) is 0. The van der Waals surface area contributed by atoms with Gasteiger partial charge in [0.1, 0.15) is 23.6 Å². The Morgan fingerprint density at radius 3 is 2.48 bits per heavy atom. The van der Waals surface area contributed by atoms with Crippen molar-refractivity contribution >= 4 is 17.9 Å². The normalized spacial score (nSPS) is 32.1. The van der Waals surface area contributed by atoms with Gasteiger partial charge in [-0.2, -0.15) is 0 Å². The fourth-order valence-corrected chi connectivity index (χ4v) is 4.92. The van der Waals surface area contributed by atoms with E-state index in [0.717, 1.165) is 0 Å². The molecule has 6 unspecified atom stereocenters. The molecule has 1 aromatic rings. The van der Waals surface area contributed by atoms with Gasteiger partial charge in [0, 0.05) is 17.4 Å². The topological polar surface area (TPSA) is 78.9 Å². The van der Waals surface area contributed by atoms with Crippen molar-refractivity contribution in [2.45, 2.75) is 45.0 Å². The number of carbonyl (C=O) groups is 3. The van der Waals surface area contributed by atoms with E-state index in [1.165, 1.54) is 19.1 Å². The minimum Gasteiger partial charge on any atom is -0.458 e. The molecule has 1 heterocycles. The Bertz CT molecular complexity index is 889. The molecular formula is C22H23FO6. The van der Waals surface area contributed by atoms with Gasteiger partial charge in [-0.15, -0.1) is 0 Å². The van der Waals surface area contributed by atoms with Gasteiger partial charge in [0.15, 0.2) is 0 Å². The molecule has 1 saturated heterocycles. The number of carbonyl (C=O) groups excluding carboxylic acids is 3. The number of esters is 3. The first-order chi connectivity index (χ1) is 13.6. The standard InChI is InChI=1S/C22H23FO6/c1-10(2)19(24)27-17-14-9-13-15(20(25)28-18(13)17)16(14)21(26)29-22(3,4)11-5-7-12(23)8-6-11/h5-8,13-18H,1,9H2,2-4H3. The molecule has 2 saturated carbocycles. The van der Waals surface area contributed by atoms with Crippen LogP contribution in [0.1, 0.15) is 32.8 Å². The van der Waals surface area contributed by atoms with E-state index in [-0.39, 0.29) is 23.2 Å². The molecule has 1 aromatic carbocycles. The Morgan fingerprint density at radius 2 is 1.86 bits per heavy atom. The minimum absolute atomic E-state index is 0.165. The molecule has 2 aliphatic carbocycles. The summed E-state index contributed by atoms with van der Waals surface area (Å²) in [6, 6.07) is 5.71. The van der Waals surface area contributed by atoms with Gasteiger partial charge in [0.2, 0.25) is 0 Å². The second kappa shape index (κ2) is 6.68. The van der Waals surface area contributed by atoms with Crippen molar-refractivity contribution in [1.82, 2.24) is 0 Å². The summed E-state index contributed by atoms with van der Waals surface area (Å²) in [4.78, 5) is 37.6. The third kappa shape index (κ3) is 3.12. The lowest BCUT2D eigenvalue weighted by Gasteiger charge is -2.33. The highest BCUT2D eigenvalue weighted by Gasteiger charge is 2.70. The van der Waals surface area contributed by atoms with Crippen molar-refractivity contribution in [3.8, 4) is 0 Å². The van der Waals surface area contributed by atoms with Crippen molar-refractivity contribution in [2.75, 3.05) is 0 Å². The first-order valence-electron chi connectivity index (χ1n) is 9.66. The highest BCUT2D eigenvalue weighted by atomic mass is 19.1. The fourth-order valence-electron chi connectivity index (χ4n) is 4.92. The predicted molar refractivity (Wildman–Crippen MR) is 98.7 cm³/mol. The lowest BCUT2D eigenvalue weighted by molar-refractivity contribution is -0.172. The molecule has 6 nitrogen and oxygen atoms in total. The molecule has 6 atom stereocenters. The molecule has 154 valence electrons. The van der Waals surface area contributed by atoms with Gasteiger partial charge in [-0.1, -0.05) is 18.7 Å². The van der Waals surface area contributed by atoms with Crippen molar-refractivity contribution < 1.29 is 33.0 Å². The average Bonchev–Trinajstić information content (AvgIpc) is 3.25. The van der Waals surface area contributed by atoms with Gasteiger partial charge in [0.05, 0.1) is 11.8 Å². The molecule has 4 rings (SSSR count). The SMILES string of the molecule is C=C(C)C(=O)OC1C2CC3C1OC(=O)C3C2C(=O)OC(C)(C)c1ccc(F)cc1. The van der Waals surface area contributed by atoms with E-state index >= 15 is 0 Å². The molecular weight excluding hydrogens is 379 g/mol. The van der Waals surface area contributed by atoms with Crippen LogP contribution in [0.2, 0.25) is 0 Å². The zero-order valence-electron chi connectivity index (χ0n) is 16.5. The van der Waals surface area contributed by atoms with Crippen LogP contribution in [0.3, 0.4) is 0 Å². The lowest BCUT2D eigenvalue weighted by Crippen LogP contribution is -2.45. The van der Waals surface area contributed by atoms with E-state index in [0.29, 0.717) is 12.0 Å². The first-order valence-corrected chi connectivity index (χ1v) is 9.66. The molecule has 3 aliphatic rings. The summed E-state index contributed by atoms with van der Waals surface area (Å²) >= 11 is 0. The van der Waals surface area contributed by atoms with E-state index < -0.39 is 47.6 Å². The van der Waals surface area contributed by atoms with E-state index in [4.69, 9.17) is 14.2 Å². The molecule has 0 amide bonds. The van der Waals surface area contributed by atoms with E-state index in [1.807, 2.05) is 0 Å². The van der Waals surface area contributed by atoms with Gasteiger partial charge >= 0.3 is 17.9 Å². The first kappa shape index (κ1) is 19.6. The molecule has 29 heavy (non-hydrogen) atoms. The van der Waals surface area contributed by atoms with Crippen molar-refractivity contribution in [3.05, 3.63) is 47.8 Å². The van der Waals surface area contributed by atoms with Crippen LogP contribution in [0, 0.1) is 29.5 Å². The number of ether oxygens (including phenoxy) is 3. The number of halogens is 1. The number of rotatable bonds is 5. The van der Waals surface area contributed by atoms with E-state index in [2.05, 4.69) is 6.58 Å². The maximum absolute atomic E-state index is 13.2. The molecule has 0 spiro atoms. The zero-order chi connectivity index (χ0) is 21.1. The molecule has 7 heteroatoms. The minimum atomic E-state index is -1.02. The Kier molecular flexibility index (Phi) is 4.52. The second-order valence-electron chi connectivity index (χ2n) is 8.61. The number of benzene rings is 1. The van der Waals surface area contributed by atoms with Gasteiger partial charge in [-0.05, 0) is 44.9 Å². The van der Waals surface area contributed by atoms with Crippen LogP contribution < -0.4 is 0 Å². The summed E-state index contributed by atoms with van der Waals surface area (Å²) in [5.74, 6) is -3.77. The molecule has 0 N–H and O–H groups in total. The summed E-state index contributed by atoms with van der Waals surface area (Å²) in [5, 5.41) is 0. The maximum Gasteiger partial charge on any atom is 0.333 e. The Morgan fingerprint density at radius 1 is 1.21 bits per heavy atom. The summed E-state index contributed by atoms with van der Waals surface area (Å²) in [5.41, 5.74) is -0.143. The highest BCUT2D eigenvalue weighted by molar-refractivity contribution is 5.88. The van der Waals surface area contributed by atoms with Crippen molar-refractivity contribution in [2.24, 2.45) is 23.7 Å². The van der Waals surface area contributed by atoms with Crippen LogP contribution >= 0.6 is 0 Å². The molecule has 2 bridgehead atoms.